The lowest BCUT2D eigenvalue weighted by Crippen LogP contribution is -2.85. The van der Waals surface area contributed by atoms with Gasteiger partial charge in [0.2, 0.25) is 0 Å². The SMILES string of the molecule is C[C@H]([NH2+][O-])C(=O)O. The highest BCUT2D eigenvalue weighted by Crippen LogP contribution is 1.66. The van der Waals surface area contributed by atoms with Gasteiger partial charge in [0.1, 0.15) is 0 Å². The molecule has 0 aliphatic carbocycles. The van der Waals surface area contributed by atoms with Crippen LogP contribution in [-0.2, 0) is 4.79 Å². The Morgan fingerprint density at radius 3 is 2.43 bits per heavy atom. The van der Waals surface area contributed by atoms with Crippen LogP contribution in [0.5, 0.6) is 0 Å². The first-order chi connectivity index (χ1) is 3.18. The van der Waals surface area contributed by atoms with Gasteiger partial charge in [0.05, 0.1) is 0 Å². The van der Waals surface area contributed by atoms with Gasteiger partial charge in [0.25, 0.3) is 0 Å². The van der Waals surface area contributed by atoms with Gasteiger partial charge in [0.15, 0.2) is 6.04 Å². The van der Waals surface area contributed by atoms with Gasteiger partial charge in [-0.05, 0) is 6.92 Å². The maximum atomic E-state index is 9.70. The summed E-state index contributed by atoms with van der Waals surface area (Å²) in [6, 6.07) is -0.861. The molecule has 0 aliphatic heterocycles. The van der Waals surface area contributed by atoms with E-state index in [1.165, 1.54) is 6.92 Å². The minimum absolute atomic E-state index is 0.391. The Labute approximate surface area is 40.7 Å². The molecule has 0 bridgehead atoms. The van der Waals surface area contributed by atoms with Crippen LogP contribution in [0.3, 0.4) is 0 Å². The third-order valence-corrected chi connectivity index (χ3v) is 0.594. The van der Waals surface area contributed by atoms with Crippen LogP contribution in [-0.4, -0.2) is 17.1 Å². The van der Waals surface area contributed by atoms with Gasteiger partial charge in [-0.25, -0.2) is 4.79 Å². The molecule has 0 rings (SSSR count). The number of hydroxylamine groups is 1. The van der Waals surface area contributed by atoms with E-state index in [0.717, 1.165) is 0 Å². The number of hydrogen-bond donors (Lipinski definition) is 2. The average molecular weight is 105 g/mol. The number of carboxylic acid groups (broad SMARTS) is 1. The van der Waals surface area contributed by atoms with Crippen LogP contribution < -0.4 is 5.48 Å². The summed E-state index contributed by atoms with van der Waals surface area (Å²) in [6.45, 7) is 1.33. The molecule has 0 saturated carbocycles. The maximum Gasteiger partial charge on any atom is 0.362 e. The molecule has 1 atom stereocenters. The number of carbonyl (C=O) groups is 1. The van der Waals surface area contributed by atoms with Crippen molar-refractivity contribution in [1.82, 2.24) is 0 Å². The fourth-order valence-corrected chi connectivity index (χ4v) is 0.0582. The number of nitrogens with two attached hydrogens (primary N) is 1. The molecule has 0 heterocycles. The van der Waals surface area contributed by atoms with Crippen LogP contribution in [0.2, 0.25) is 0 Å². The topological polar surface area (TPSA) is 77.0 Å². The molecule has 0 aromatic heterocycles. The molecule has 7 heavy (non-hydrogen) atoms. The van der Waals surface area contributed by atoms with Gasteiger partial charge in [-0.1, -0.05) is 0 Å². The second-order valence-electron chi connectivity index (χ2n) is 1.26. The van der Waals surface area contributed by atoms with Crippen LogP contribution in [0.1, 0.15) is 6.92 Å². The van der Waals surface area contributed by atoms with E-state index in [9.17, 15) is 10.0 Å². The molecular weight excluding hydrogens is 98.0 g/mol. The summed E-state index contributed by atoms with van der Waals surface area (Å²) in [4.78, 5) is 9.70. The molecule has 0 aromatic carbocycles. The standard InChI is InChI=1S/C3H7NO3/c1-2(4-7)3(5)6/h2H,4H2,1H3,(H,5,6)/t2-/m0/s1. The summed E-state index contributed by atoms with van der Waals surface area (Å²) >= 11 is 0. The third-order valence-electron chi connectivity index (χ3n) is 0.594. The smallest absolute Gasteiger partial charge is 0.362 e. The molecule has 3 N–H and O–H groups in total. The first-order valence-electron chi connectivity index (χ1n) is 1.86. The molecule has 42 valence electrons. The Kier molecular flexibility index (Phi) is 2.32. The number of aliphatic carboxylic acids is 1. The lowest BCUT2D eigenvalue weighted by molar-refractivity contribution is -0.611. The van der Waals surface area contributed by atoms with E-state index in [4.69, 9.17) is 5.11 Å². The molecule has 0 aromatic rings. The van der Waals surface area contributed by atoms with Crippen LogP contribution >= 0.6 is 0 Å². The van der Waals surface area contributed by atoms with Crippen LogP contribution in [0.15, 0.2) is 0 Å². The van der Waals surface area contributed by atoms with E-state index in [-0.39, 0.29) is 0 Å². The molecule has 0 aliphatic rings. The molecule has 0 amide bonds. The zero-order valence-corrected chi connectivity index (χ0v) is 3.92. The van der Waals surface area contributed by atoms with Crippen molar-refractivity contribution in [3.8, 4) is 0 Å². The normalized spacial score (nSPS) is 13.4. The van der Waals surface area contributed by atoms with Crippen molar-refractivity contribution >= 4 is 5.97 Å². The van der Waals surface area contributed by atoms with Crippen molar-refractivity contribution in [2.24, 2.45) is 0 Å². The minimum Gasteiger partial charge on any atom is -0.635 e. The van der Waals surface area contributed by atoms with E-state index in [1.807, 2.05) is 0 Å². The van der Waals surface area contributed by atoms with E-state index >= 15 is 0 Å². The number of hydrogen-bond acceptors (Lipinski definition) is 2. The summed E-state index contributed by atoms with van der Waals surface area (Å²) in [5, 5.41) is 17.5. The van der Waals surface area contributed by atoms with Gasteiger partial charge in [0, 0.05) is 0 Å². The summed E-state index contributed by atoms with van der Waals surface area (Å²) in [6.07, 6.45) is 0. The second kappa shape index (κ2) is 2.54. The molecular formula is C3H7NO3. The Balaban J connectivity index is 3.34. The molecule has 0 spiro atoms. The Morgan fingerprint density at radius 1 is 2.00 bits per heavy atom. The van der Waals surface area contributed by atoms with Crippen molar-refractivity contribution in [1.29, 1.82) is 0 Å². The number of carboxylic acids is 1. The quantitative estimate of drug-likeness (QED) is 0.420. The molecule has 4 heteroatoms. The lowest BCUT2D eigenvalue weighted by atomic mass is 10.4. The third kappa shape index (κ3) is 2.13. The van der Waals surface area contributed by atoms with Gasteiger partial charge in [-0.15, -0.1) is 0 Å². The van der Waals surface area contributed by atoms with Crippen LogP contribution in [0.4, 0.5) is 0 Å². The highest BCUT2D eigenvalue weighted by atomic mass is 16.5. The predicted molar refractivity (Wildman–Crippen MR) is 22.4 cm³/mol. The average Bonchev–Trinajstić information content (AvgIpc) is 1.65. The number of rotatable bonds is 2. The van der Waals surface area contributed by atoms with Crippen molar-refractivity contribution in [3.05, 3.63) is 5.21 Å². The lowest BCUT2D eigenvalue weighted by Gasteiger charge is -2.04. The molecule has 0 radical (unpaired) electrons. The highest BCUT2D eigenvalue weighted by molar-refractivity contribution is 5.71. The zero-order chi connectivity index (χ0) is 5.86. The van der Waals surface area contributed by atoms with E-state index in [2.05, 4.69) is 0 Å². The molecule has 0 unspecified atom stereocenters. The van der Waals surface area contributed by atoms with Crippen LogP contribution in [0.25, 0.3) is 0 Å². The first-order valence-corrected chi connectivity index (χ1v) is 1.86. The highest BCUT2D eigenvalue weighted by Gasteiger charge is 2.07. The van der Waals surface area contributed by atoms with Crippen molar-refractivity contribution < 1.29 is 15.4 Å². The first kappa shape index (κ1) is 6.39. The van der Waals surface area contributed by atoms with E-state index in [1.54, 1.807) is 0 Å². The second-order valence-corrected chi connectivity index (χ2v) is 1.26. The zero-order valence-electron chi connectivity index (χ0n) is 3.92. The monoisotopic (exact) mass is 105 g/mol. The summed E-state index contributed by atoms with van der Waals surface area (Å²) in [7, 11) is 0. The Morgan fingerprint density at radius 2 is 2.43 bits per heavy atom. The molecule has 0 saturated heterocycles. The Hall–Kier alpha value is -0.610. The van der Waals surface area contributed by atoms with Gasteiger partial charge < -0.3 is 15.8 Å². The fourth-order valence-electron chi connectivity index (χ4n) is 0.0582. The fraction of sp³-hybridized carbons (Fsp3) is 0.667. The van der Waals surface area contributed by atoms with E-state index in [0.29, 0.717) is 5.48 Å². The minimum atomic E-state index is -1.07. The van der Waals surface area contributed by atoms with Crippen molar-refractivity contribution in [3.63, 3.8) is 0 Å². The summed E-state index contributed by atoms with van der Waals surface area (Å²) in [5.41, 5.74) is 0.391. The van der Waals surface area contributed by atoms with Gasteiger partial charge >= 0.3 is 5.97 Å². The van der Waals surface area contributed by atoms with Gasteiger partial charge in [-0.3, -0.25) is 0 Å². The van der Waals surface area contributed by atoms with Crippen molar-refractivity contribution in [2.45, 2.75) is 13.0 Å². The summed E-state index contributed by atoms with van der Waals surface area (Å²) in [5.74, 6) is -1.07. The maximum absolute atomic E-state index is 9.70. The van der Waals surface area contributed by atoms with Gasteiger partial charge in [-0.2, -0.15) is 0 Å². The summed E-state index contributed by atoms with van der Waals surface area (Å²) < 4.78 is 0. The Bertz CT molecular complexity index is 72.6. The molecule has 0 fully saturated rings. The number of quaternary nitrogens is 1. The predicted octanol–water partition coefficient (Wildman–Crippen LogP) is -1.48. The van der Waals surface area contributed by atoms with Crippen LogP contribution in [0, 0.1) is 5.21 Å². The largest absolute Gasteiger partial charge is 0.635 e. The van der Waals surface area contributed by atoms with Crippen molar-refractivity contribution in [2.75, 3.05) is 0 Å². The molecule has 4 nitrogen and oxygen atoms in total. The van der Waals surface area contributed by atoms with E-state index < -0.39 is 12.0 Å².